The molecule has 0 atom stereocenters. The fourth-order valence-corrected chi connectivity index (χ4v) is 0.955. The second kappa shape index (κ2) is 3.23. The van der Waals surface area contributed by atoms with Crippen molar-refractivity contribution in [3.63, 3.8) is 0 Å². The van der Waals surface area contributed by atoms with E-state index >= 15 is 0 Å². The predicted molar refractivity (Wildman–Crippen MR) is 41.6 cm³/mol. The Morgan fingerprint density at radius 3 is 3.00 bits per heavy atom. The maximum absolute atomic E-state index is 11.0. The van der Waals surface area contributed by atoms with Crippen molar-refractivity contribution in [2.45, 2.75) is 6.42 Å². The molecular formula is C8H11NO2. The number of allylic oxidation sites excluding steroid dienone is 2. The molecule has 0 aromatic heterocycles. The fourth-order valence-electron chi connectivity index (χ4n) is 0.955. The zero-order valence-electron chi connectivity index (χ0n) is 6.70. The van der Waals surface area contributed by atoms with E-state index in [1.165, 1.54) is 7.11 Å². The molecule has 0 aromatic rings. The van der Waals surface area contributed by atoms with Gasteiger partial charge in [-0.05, 0) is 12.5 Å². The maximum atomic E-state index is 11.0. The van der Waals surface area contributed by atoms with Gasteiger partial charge < -0.3 is 9.64 Å². The molecule has 3 nitrogen and oxygen atoms in total. The number of hydrogen-bond acceptors (Lipinski definition) is 3. The zero-order chi connectivity index (χ0) is 8.27. The number of hydrogen-bond donors (Lipinski definition) is 0. The molecule has 1 aliphatic rings. The molecule has 0 fully saturated rings. The second-order valence-corrected chi connectivity index (χ2v) is 2.31. The van der Waals surface area contributed by atoms with E-state index in [9.17, 15) is 4.79 Å². The molecule has 0 saturated carbocycles. The van der Waals surface area contributed by atoms with Gasteiger partial charge >= 0.3 is 5.97 Å². The second-order valence-electron chi connectivity index (χ2n) is 2.31. The number of nitrogens with zero attached hydrogens (tertiary/aromatic N) is 1. The summed E-state index contributed by atoms with van der Waals surface area (Å²) in [4.78, 5) is 12.8. The Balaban J connectivity index is 2.71. The minimum atomic E-state index is -0.281. The zero-order valence-corrected chi connectivity index (χ0v) is 6.70. The van der Waals surface area contributed by atoms with E-state index in [-0.39, 0.29) is 5.97 Å². The molecule has 1 heterocycles. The fraction of sp³-hybridized carbons (Fsp3) is 0.375. The van der Waals surface area contributed by atoms with Crippen molar-refractivity contribution in [1.29, 1.82) is 0 Å². The van der Waals surface area contributed by atoms with Gasteiger partial charge in [0.2, 0.25) is 0 Å². The lowest BCUT2D eigenvalue weighted by atomic mass is 10.2. The van der Waals surface area contributed by atoms with Crippen molar-refractivity contribution < 1.29 is 9.53 Å². The summed E-state index contributed by atoms with van der Waals surface area (Å²) in [5.41, 5.74) is 0.606. The van der Waals surface area contributed by atoms with Gasteiger partial charge in [-0.2, -0.15) is 0 Å². The molecule has 0 amide bonds. The minimum absolute atomic E-state index is 0.281. The molecule has 11 heavy (non-hydrogen) atoms. The third-order valence-corrected chi connectivity index (χ3v) is 1.55. The van der Waals surface area contributed by atoms with E-state index in [1.807, 2.05) is 25.4 Å². The summed E-state index contributed by atoms with van der Waals surface area (Å²) in [5, 5.41) is 0. The summed E-state index contributed by atoms with van der Waals surface area (Å²) in [6, 6.07) is 0. The third kappa shape index (κ3) is 1.61. The molecular weight excluding hydrogens is 142 g/mol. The summed E-state index contributed by atoms with van der Waals surface area (Å²) in [7, 11) is 3.20. The normalized spacial score (nSPS) is 16.2. The van der Waals surface area contributed by atoms with Crippen LogP contribution in [0.4, 0.5) is 0 Å². The lowest BCUT2D eigenvalue weighted by Crippen LogP contribution is -2.21. The summed E-state index contributed by atoms with van der Waals surface area (Å²) in [6.45, 7) is 0. The van der Waals surface area contributed by atoms with Gasteiger partial charge in [0.25, 0.3) is 0 Å². The Hall–Kier alpha value is -1.25. The first-order valence-electron chi connectivity index (χ1n) is 3.43. The third-order valence-electron chi connectivity index (χ3n) is 1.55. The first kappa shape index (κ1) is 7.85. The van der Waals surface area contributed by atoms with Crippen molar-refractivity contribution in [3.8, 4) is 0 Å². The molecule has 1 aliphatic heterocycles. The molecule has 3 heteroatoms. The van der Waals surface area contributed by atoms with Gasteiger partial charge in [-0.3, -0.25) is 0 Å². The standard InChI is InChI=1S/C8H11NO2/c1-9-6-4-3-5-7(9)8(10)11-2/h4-6H,3H2,1-2H3. The summed E-state index contributed by atoms with van der Waals surface area (Å²) >= 11 is 0. The average Bonchev–Trinajstić information content (AvgIpc) is 2.04. The number of carbonyl (C=O) groups excluding carboxylic acids is 1. The summed E-state index contributed by atoms with van der Waals surface area (Å²) < 4.78 is 4.58. The molecule has 0 radical (unpaired) electrons. The van der Waals surface area contributed by atoms with Gasteiger partial charge in [-0.15, -0.1) is 0 Å². The Labute approximate surface area is 65.9 Å². The highest BCUT2D eigenvalue weighted by Gasteiger charge is 2.13. The average molecular weight is 153 g/mol. The molecule has 0 N–H and O–H groups in total. The van der Waals surface area contributed by atoms with Crippen LogP contribution in [0.25, 0.3) is 0 Å². The van der Waals surface area contributed by atoms with Gasteiger partial charge in [-0.25, -0.2) is 4.79 Å². The van der Waals surface area contributed by atoms with Crippen molar-refractivity contribution >= 4 is 5.97 Å². The van der Waals surface area contributed by atoms with E-state index in [0.717, 1.165) is 6.42 Å². The predicted octanol–water partition coefficient (Wildman–Crippen LogP) is 0.892. The van der Waals surface area contributed by atoms with Crippen LogP contribution in [-0.4, -0.2) is 25.0 Å². The van der Waals surface area contributed by atoms with Crippen molar-refractivity contribution in [1.82, 2.24) is 4.90 Å². The minimum Gasteiger partial charge on any atom is -0.464 e. The summed E-state index contributed by atoms with van der Waals surface area (Å²) in [6.07, 6.45) is 6.47. The van der Waals surface area contributed by atoms with Crippen molar-refractivity contribution in [2.75, 3.05) is 14.2 Å². The number of esters is 1. The topological polar surface area (TPSA) is 29.5 Å². The van der Waals surface area contributed by atoms with Crippen LogP contribution in [0.1, 0.15) is 6.42 Å². The first-order chi connectivity index (χ1) is 5.25. The quantitative estimate of drug-likeness (QED) is 0.524. The molecule has 0 bridgehead atoms. The lowest BCUT2D eigenvalue weighted by molar-refractivity contribution is -0.137. The SMILES string of the molecule is COC(=O)C1=CCC=CN1C. The van der Waals surface area contributed by atoms with Gasteiger partial charge in [0.05, 0.1) is 7.11 Å². The lowest BCUT2D eigenvalue weighted by Gasteiger charge is -2.18. The van der Waals surface area contributed by atoms with Crippen molar-refractivity contribution in [2.24, 2.45) is 0 Å². The van der Waals surface area contributed by atoms with Crippen LogP contribution in [-0.2, 0) is 9.53 Å². The van der Waals surface area contributed by atoms with E-state index in [2.05, 4.69) is 4.74 Å². The van der Waals surface area contributed by atoms with Crippen LogP contribution in [0.3, 0.4) is 0 Å². The highest BCUT2D eigenvalue weighted by atomic mass is 16.5. The molecule has 1 rings (SSSR count). The smallest absolute Gasteiger partial charge is 0.354 e. The van der Waals surface area contributed by atoms with E-state index in [1.54, 1.807) is 4.90 Å². The number of rotatable bonds is 1. The molecule has 0 saturated heterocycles. The Morgan fingerprint density at radius 1 is 1.73 bits per heavy atom. The van der Waals surface area contributed by atoms with Gasteiger partial charge in [0, 0.05) is 13.2 Å². The monoisotopic (exact) mass is 153 g/mol. The Kier molecular flexibility index (Phi) is 2.31. The van der Waals surface area contributed by atoms with Crippen LogP contribution in [0.2, 0.25) is 0 Å². The molecule has 0 unspecified atom stereocenters. The van der Waals surface area contributed by atoms with Crippen LogP contribution < -0.4 is 0 Å². The van der Waals surface area contributed by atoms with Crippen LogP contribution in [0, 0.1) is 0 Å². The molecule has 60 valence electrons. The van der Waals surface area contributed by atoms with Gasteiger partial charge in [0.1, 0.15) is 5.70 Å². The Morgan fingerprint density at radius 2 is 2.45 bits per heavy atom. The highest BCUT2D eigenvalue weighted by Crippen LogP contribution is 2.10. The molecule has 0 aliphatic carbocycles. The van der Waals surface area contributed by atoms with Gasteiger partial charge in [-0.1, -0.05) is 6.08 Å². The maximum Gasteiger partial charge on any atom is 0.354 e. The molecule has 0 aromatic carbocycles. The number of carbonyl (C=O) groups is 1. The molecule has 0 spiro atoms. The Bertz CT molecular complexity index is 218. The van der Waals surface area contributed by atoms with E-state index in [0.29, 0.717) is 5.70 Å². The van der Waals surface area contributed by atoms with Gasteiger partial charge in [0.15, 0.2) is 0 Å². The van der Waals surface area contributed by atoms with Crippen LogP contribution in [0.15, 0.2) is 24.0 Å². The number of likely N-dealkylation sites (N-methyl/N-ethyl adjacent to an activating group) is 1. The largest absolute Gasteiger partial charge is 0.464 e. The first-order valence-corrected chi connectivity index (χ1v) is 3.43. The highest BCUT2D eigenvalue weighted by molar-refractivity contribution is 5.88. The van der Waals surface area contributed by atoms with Crippen LogP contribution in [0.5, 0.6) is 0 Å². The van der Waals surface area contributed by atoms with E-state index in [4.69, 9.17) is 0 Å². The number of methoxy groups -OCH3 is 1. The van der Waals surface area contributed by atoms with E-state index < -0.39 is 0 Å². The van der Waals surface area contributed by atoms with Crippen LogP contribution >= 0.6 is 0 Å². The summed E-state index contributed by atoms with van der Waals surface area (Å²) in [5.74, 6) is -0.281. The van der Waals surface area contributed by atoms with Crippen molar-refractivity contribution in [3.05, 3.63) is 24.0 Å². The number of ether oxygens (including phenoxy) is 1.